The smallest absolute Gasteiger partial charge is 0.253 e. The minimum Gasteiger partial charge on any atom is -0.395 e. The molecule has 39 heavy (non-hydrogen) atoms. The van der Waals surface area contributed by atoms with Crippen LogP contribution < -0.4 is 10.2 Å². The van der Waals surface area contributed by atoms with Gasteiger partial charge in [0.1, 0.15) is 0 Å². The highest BCUT2D eigenvalue weighted by atomic mass is 16.3. The molecule has 0 bridgehead atoms. The van der Waals surface area contributed by atoms with Gasteiger partial charge in [0.25, 0.3) is 11.8 Å². The Hall–Kier alpha value is -3.66. The maximum Gasteiger partial charge on any atom is 0.253 e. The topological polar surface area (TPSA) is 109 Å². The van der Waals surface area contributed by atoms with Crippen LogP contribution in [0.4, 0.5) is 11.5 Å². The van der Waals surface area contributed by atoms with E-state index in [9.17, 15) is 14.4 Å². The van der Waals surface area contributed by atoms with E-state index in [4.69, 9.17) is 5.11 Å². The molecule has 10 heteroatoms. The predicted octanol–water partition coefficient (Wildman–Crippen LogP) is 2.17. The maximum absolute atomic E-state index is 13.2. The third kappa shape index (κ3) is 6.86. The molecule has 2 aromatic rings. The summed E-state index contributed by atoms with van der Waals surface area (Å²) in [5.41, 5.74) is 2.10. The highest BCUT2D eigenvalue weighted by molar-refractivity contribution is 5.98. The van der Waals surface area contributed by atoms with E-state index >= 15 is 0 Å². The van der Waals surface area contributed by atoms with Gasteiger partial charge in [-0.05, 0) is 63.1 Å². The van der Waals surface area contributed by atoms with Crippen molar-refractivity contribution in [2.75, 3.05) is 69.7 Å². The molecule has 3 heterocycles. The number of aromatic nitrogens is 1. The first kappa shape index (κ1) is 28.4. The van der Waals surface area contributed by atoms with Crippen molar-refractivity contribution in [1.29, 1.82) is 0 Å². The second-order valence-corrected chi connectivity index (χ2v) is 10.6. The van der Waals surface area contributed by atoms with E-state index in [1.165, 1.54) is 0 Å². The minimum absolute atomic E-state index is 0.0209. The first-order valence-electron chi connectivity index (χ1n) is 13.8. The number of nitrogens with one attached hydrogen (secondary N) is 1. The summed E-state index contributed by atoms with van der Waals surface area (Å²) in [6, 6.07) is 11.1. The van der Waals surface area contributed by atoms with E-state index in [0.29, 0.717) is 75.8 Å². The number of benzene rings is 1. The van der Waals surface area contributed by atoms with Gasteiger partial charge in [0.2, 0.25) is 5.91 Å². The lowest BCUT2D eigenvalue weighted by molar-refractivity contribution is -0.136. The van der Waals surface area contributed by atoms with E-state index in [-0.39, 0.29) is 30.2 Å². The lowest BCUT2D eigenvalue weighted by atomic mass is 9.95. The number of carbonyl (C=O) groups is 3. The summed E-state index contributed by atoms with van der Waals surface area (Å²) < 4.78 is 0. The van der Waals surface area contributed by atoms with E-state index in [1.54, 1.807) is 47.3 Å². The van der Waals surface area contributed by atoms with Crippen molar-refractivity contribution in [3.8, 4) is 0 Å². The van der Waals surface area contributed by atoms with Gasteiger partial charge in [0.05, 0.1) is 12.3 Å². The molecule has 2 fully saturated rings. The average molecular weight is 537 g/mol. The fourth-order valence-electron chi connectivity index (χ4n) is 5.22. The van der Waals surface area contributed by atoms with Crippen molar-refractivity contribution in [3.63, 3.8) is 0 Å². The normalized spacial score (nSPS) is 16.4. The Bertz CT molecular complexity index is 1140. The molecule has 0 saturated carbocycles. The molecular weight excluding hydrogens is 496 g/mol. The van der Waals surface area contributed by atoms with Gasteiger partial charge >= 0.3 is 0 Å². The molecule has 1 aromatic carbocycles. The monoisotopic (exact) mass is 536 g/mol. The van der Waals surface area contributed by atoms with Crippen LogP contribution in [0.25, 0.3) is 0 Å². The molecule has 2 aliphatic rings. The fraction of sp³-hybridized carbons (Fsp3) is 0.517. The van der Waals surface area contributed by atoms with Crippen LogP contribution in [-0.2, 0) is 4.79 Å². The van der Waals surface area contributed by atoms with Gasteiger partial charge in [-0.15, -0.1) is 0 Å². The first-order valence-corrected chi connectivity index (χ1v) is 13.8. The predicted molar refractivity (Wildman–Crippen MR) is 151 cm³/mol. The summed E-state index contributed by atoms with van der Waals surface area (Å²) in [5, 5.41) is 12.5. The molecule has 0 unspecified atom stereocenters. The number of nitrogens with zero attached hydrogens (tertiary/aromatic N) is 5. The summed E-state index contributed by atoms with van der Waals surface area (Å²) in [4.78, 5) is 50.6. The second-order valence-electron chi connectivity index (χ2n) is 10.6. The number of anilines is 2. The zero-order valence-corrected chi connectivity index (χ0v) is 23.2. The number of aliphatic hydroxyl groups excluding tert-OH is 1. The van der Waals surface area contributed by atoms with Gasteiger partial charge in [0.15, 0.2) is 5.82 Å². The van der Waals surface area contributed by atoms with Crippen LogP contribution in [0.5, 0.6) is 0 Å². The van der Waals surface area contributed by atoms with Gasteiger partial charge in [-0.25, -0.2) is 4.98 Å². The summed E-state index contributed by atoms with van der Waals surface area (Å²) in [7, 11) is 1.69. The number of aliphatic hydroxyl groups is 1. The third-order valence-corrected chi connectivity index (χ3v) is 7.42. The average Bonchev–Trinajstić information content (AvgIpc) is 2.96. The van der Waals surface area contributed by atoms with Crippen molar-refractivity contribution in [3.05, 3.63) is 53.7 Å². The zero-order valence-electron chi connectivity index (χ0n) is 23.2. The number of piperazine rings is 1. The van der Waals surface area contributed by atoms with Gasteiger partial charge in [0, 0.05) is 82.1 Å². The summed E-state index contributed by atoms with van der Waals surface area (Å²) in [6.07, 6.45) is 3.01. The highest BCUT2D eigenvalue weighted by Gasteiger charge is 2.30. The molecule has 0 spiro atoms. The van der Waals surface area contributed by atoms with Gasteiger partial charge in [-0.1, -0.05) is 0 Å². The summed E-state index contributed by atoms with van der Waals surface area (Å²) >= 11 is 0. The lowest BCUT2D eigenvalue weighted by Crippen LogP contribution is -2.49. The van der Waals surface area contributed by atoms with E-state index in [2.05, 4.69) is 29.0 Å². The molecule has 2 saturated heterocycles. The Morgan fingerprint density at radius 3 is 2.05 bits per heavy atom. The Morgan fingerprint density at radius 2 is 1.51 bits per heavy atom. The number of rotatable bonds is 8. The van der Waals surface area contributed by atoms with Crippen LogP contribution in [0.3, 0.4) is 0 Å². The summed E-state index contributed by atoms with van der Waals surface area (Å²) in [5.74, 6) is 0.681. The van der Waals surface area contributed by atoms with E-state index in [0.717, 1.165) is 11.5 Å². The lowest BCUT2D eigenvalue weighted by Gasteiger charge is -2.36. The van der Waals surface area contributed by atoms with Crippen LogP contribution in [0.2, 0.25) is 0 Å². The molecule has 1 aromatic heterocycles. The Morgan fingerprint density at radius 1 is 0.949 bits per heavy atom. The van der Waals surface area contributed by atoms with Gasteiger partial charge in [-0.3, -0.25) is 14.4 Å². The number of likely N-dealkylation sites (tertiary alicyclic amines) is 1. The number of pyridine rings is 1. The van der Waals surface area contributed by atoms with Crippen molar-refractivity contribution < 1.29 is 19.5 Å². The molecular formula is C29H40N6O4. The van der Waals surface area contributed by atoms with Crippen molar-refractivity contribution >= 4 is 29.2 Å². The van der Waals surface area contributed by atoms with Crippen molar-refractivity contribution in [2.24, 2.45) is 5.92 Å². The molecule has 210 valence electrons. The second kappa shape index (κ2) is 12.9. The highest BCUT2D eigenvalue weighted by Crippen LogP contribution is 2.25. The first-order chi connectivity index (χ1) is 18.8. The van der Waals surface area contributed by atoms with Crippen molar-refractivity contribution in [1.82, 2.24) is 19.7 Å². The molecule has 0 atom stereocenters. The molecule has 3 amide bonds. The van der Waals surface area contributed by atoms with Gasteiger partial charge < -0.3 is 30.0 Å². The number of carbonyl (C=O) groups excluding carboxylic acids is 3. The van der Waals surface area contributed by atoms with E-state index in [1.807, 2.05) is 17.0 Å². The van der Waals surface area contributed by atoms with Crippen LogP contribution in [0.15, 0.2) is 42.6 Å². The maximum atomic E-state index is 13.2. The molecule has 2 aliphatic heterocycles. The number of hydrogen-bond donors (Lipinski definition) is 2. The van der Waals surface area contributed by atoms with Gasteiger partial charge in [-0.2, -0.15) is 0 Å². The van der Waals surface area contributed by atoms with Crippen molar-refractivity contribution in [2.45, 2.75) is 32.7 Å². The Kier molecular flexibility index (Phi) is 9.40. The molecule has 10 nitrogen and oxygen atoms in total. The standard InChI is InChI=1S/C29H40N6O4/c1-21(2)31-25-5-4-12-30-26(25)33-15-17-35(18-16-33)29(39)23-8-6-22(7-9-23)28(38)34-13-10-24(11-14-34)27(37)32(3)19-20-36/h4-9,12,21,24,31,36H,10-11,13-20H2,1-3H3. The number of piperidine rings is 1. The largest absolute Gasteiger partial charge is 0.395 e. The van der Waals surface area contributed by atoms with Crippen LogP contribution in [0.1, 0.15) is 47.4 Å². The van der Waals surface area contributed by atoms with Crippen LogP contribution in [-0.4, -0.2) is 108 Å². The molecule has 2 N–H and O–H groups in total. The fourth-order valence-corrected chi connectivity index (χ4v) is 5.22. The third-order valence-electron chi connectivity index (χ3n) is 7.42. The Labute approximate surface area is 230 Å². The minimum atomic E-state index is -0.123. The van der Waals surface area contributed by atoms with Crippen LogP contribution in [0, 0.1) is 5.92 Å². The number of likely N-dealkylation sites (N-methyl/N-ethyl adjacent to an activating group) is 1. The molecule has 0 radical (unpaired) electrons. The van der Waals surface area contributed by atoms with E-state index < -0.39 is 0 Å². The molecule has 0 aliphatic carbocycles. The quantitative estimate of drug-likeness (QED) is 0.532. The molecule has 4 rings (SSSR count). The SMILES string of the molecule is CC(C)Nc1cccnc1N1CCN(C(=O)c2ccc(C(=O)N3CCC(C(=O)N(C)CCO)CC3)cc2)CC1. The number of hydrogen-bond acceptors (Lipinski definition) is 7. The van der Waals surface area contributed by atoms with Crippen LogP contribution >= 0.6 is 0 Å². The zero-order chi connectivity index (χ0) is 27.9. The Balaban J connectivity index is 1.29. The number of amides is 3. The summed E-state index contributed by atoms with van der Waals surface area (Å²) in [6.45, 7) is 8.05.